The van der Waals surface area contributed by atoms with Gasteiger partial charge in [-0.3, -0.25) is 0 Å². The third kappa shape index (κ3) is 2.44. The normalized spacial score (nSPS) is 10.2. The van der Waals surface area contributed by atoms with Crippen LogP contribution in [-0.2, 0) is 0 Å². The van der Waals surface area contributed by atoms with Crippen LogP contribution in [0.3, 0.4) is 0 Å². The first kappa shape index (κ1) is 12.2. The summed E-state index contributed by atoms with van der Waals surface area (Å²) in [5, 5.41) is 4.03. The molecule has 0 atom stereocenters. The summed E-state index contributed by atoms with van der Waals surface area (Å²) >= 11 is 0. The maximum Gasteiger partial charge on any atom is 0.440 e. The molecule has 0 aliphatic carbocycles. The number of hydrogen-bond acceptors (Lipinski definition) is 3. The Hall–Kier alpha value is -2.88. The fraction of sp³-hybridized carbons (Fsp3) is 0. The van der Waals surface area contributed by atoms with E-state index in [9.17, 15) is 4.79 Å². The Kier molecular flexibility index (Phi) is 3.29. The Morgan fingerprint density at radius 1 is 0.900 bits per heavy atom. The molecule has 0 fully saturated rings. The predicted molar refractivity (Wildman–Crippen MR) is 75.5 cm³/mol. The van der Waals surface area contributed by atoms with Crippen molar-refractivity contribution in [3.05, 3.63) is 72.9 Å². The molecule has 1 heterocycles. The van der Waals surface area contributed by atoms with Gasteiger partial charge in [-0.2, -0.15) is 9.78 Å². The third-order valence-corrected chi connectivity index (χ3v) is 2.83. The topological polar surface area (TPSA) is 44.1 Å². The van der Waals surface area contributed by atoms with Gasteiger partial charge in [0.15, 0.2) is 0 Å². The van der Waals surface area contributed by atoms with Crippen LogP contribution in [0.5, 0.6) is 5.75 Å². The highest BCUT2D eigenvalue weighted by Gasteiger charge is 2.14. The molecule has 4 nitrogen and oxygen atoms in total. The molecule has 0 radical (unpaired) electrons. The monoisotopic (exact) mass is 264 g/mol. The Labute approximate surface area is 116 Å². The summed E-state index contributed by atoms with van der Waals surface area (Å²) in [7, 11) is 0. The Balaban J connectivity index is 1.88. The standard InChI is InChI=1S/C16H12N2O2/c19-16(20-14-9-5-2-6-10-14)18-15(11-12-17-18)13-7-3-1-4-8-13/h1-12H. The van der Waals surface area contributed by atoms with E-state index in [1.807, 2.05) is 48.5 Å². The van der Waals surface area contributed by atoms with Crippen LogP contribution in [0.2, 0.25) is 0 Å². The lowest BCUT2D eigenvalue weighted by atomic mass is 10.1. The van der Waals surface area contributed by atoms with E-state index in [1.165, 1.54) is 4.68 Å². The minimum atomic E-state index is -0.528. The van der Waals surface area contributed by atoms with Crippen molar-refractivity contribution in [3.8, 4) is 17.0 Å². The number of aromatic nitrogens is 2. The van der Waals surface area contributed by atoms with Crippen LogP contribution in [0.25, 0.3) is 11.3 Å². The molecule has 20 heavy (non-hydrogen) atoms. The van der Waals surface area contributed by atoms with E-state index in [2.05, 4.69) is 5.10 Å². The molecular formula is C16H12N2O2. The van der Waals surface area contributed by atoms with Crippen molar-refractivity contribution in [2.75, 3.05) is 0 Å². The minimum Gasteiger partial charge on any atom is -0.409 e. The van der Waals surface area contributed by atoms with Crippen molar-refractivity contribution >= 4 is 6.09 Å². The summed E-state index contributed by atoms with van der Waals surface area (Å²) in [5.41, 5.74) is 1.61. The van der Waals surface area contributed by atoms with Gasteiger partial charge < -0.3 is 4.74 Å². The lowest BCUT2D eigenvalue weighted by molar-refractivity contribution is 0.199. The maximum atomic E-state index is 12.1. The second kappa shape index (κ2) is 5.40. The Bertz CT molecular complexity index is 706. The van der Waals surface area contributed by atoms with Gasteiger partial charge in [-0.1, -0.05) is 48.5 Å². The van der Waals surface area contributed by atoms with Gasteiger partial charge in [-0.05, 0) is 18.2 Å². The van der Waals surface area contributed by atoms with Crippen molar-refractivity contribution in [3.63, 3.8) is 0 Å². The van der Waals surface area contributed by atoms with Gasteiger partial charge in [0.05, 0.1) is 11.9 Å². The number of nitrogens with zero attached hydrogens (tertiary/aromatic N) is 2. The first-order valence-electron chi connectivity index (χ1n) is 6.21. The van der Waals surface area contributed by atoms with Crippen molar-refractivity contribution in [2.24, 2.45) is 0 Å². The molecule has 0 amide bonds. The fourth-order valence-corrected chi connectivity index (χ4v) is 1.91. The van der Waals surface area contributed by atoms with Crippen molar-refractivity contribution in [1.82, 2.24) is 9.78 Å². The summed E-state index contributed by atoms with van der Waals surface area (Å²) in [5.74, 6) is 0.493. The smallest absolute Gasteiger partial charge is 0.409 e. The fourth-order valence-electron chi connectivity index (χ4n) is 1.91. The molecule has 0 spiro atoms. The number of para-hydroxylation sites is 1. The number of carbonyl (C=O) groups excluding carboxylic acids is 1. The number of ether oxygens (including phenoxy) is 1. The highest BCUT2D eigenvalue weighted by molar-refractivity contribution is 5.78. The minimum absolute atomic E-state index is 0.493. The summed E-state index contributed by atoms with van der Waals surface area (Å²) in [6, 6.07) is 20.3. The maximum absolute atomic E-state index is 12.1. The van der Waals surface area contributed by atoms with E-state index in [-0.39, 0.29) is 0 Å². The van der Waals surface area contributed by atoms with Crippen LogP contribution in [-0.4, -0.2) is 15.9 Å². The second-order valence-electron chi connectivity index (χ2n) is 4.18. The predicted octanol–water partition coefficient (Wildman–Crippen LogP) is 3.60. The molecule has 0 saturated heterocycles. The number of benzene rings is 2. The van der Waals surface area contributed by atoms with Crippen LogP contribution in [0, 0.1) is 0 Å². The highest BCUT2D eigenvalue weighted by atomic mass is 16.6. The van der Waals surface area contributed by atoms with Crippen molar-refractivity contribution in [2.45, 2.75) is 0 Å². The number of carbonyl (C=O) groups is 1. The quantitative estimate of drug-likeness (QED) is 0.710. The molecule has 3 rings (SSSR count). The zero-order chi connectivity index (χ0) is 13.8. The molecule has 4 heteroatoms. The molecule has 1 aromatic heterocycles. The average molecular weight is 264 g/mol. The molecule has 98 valence electrons. The van der Waals surface area contributed by atoms with E-state index < -0.39 is 6.09 Å². The van der Waals surface area contributed by atoms with Gasteiger partial charge in [-0.25, -0.2) is 4.79 Å². The summed E-state index contributed by atoms with van der Waals surface area (Å²) < 4.78 is 6.53. The molecule has 0 aliphatic heterocycles. The largest absolute Gasteiger partial charge is 0.440 e. The van der Waals surface area contributed by atoms with Crippen LogP contribution >= 0.6 is 0 Å². The molecule has 3 aromatic rings. The van der Waals surface area contributed by atoms with Crippen molar-refractivity contribution < 1.29 is 9.53 Å². The van der Waals surface area contributed by atoms with E-state index in [1.54, 1.807) is 24.4 Å². The zero-order valence-electron chi connectivity index (χ0n) is 10.6. The van der Waals surface area contributed by atoms with E-state index in [0.29, 0.717) is 11.4 Å². The first-order valence-corrected chi connectivity index (χ1v) is 6.21. The summed E-state index contributed by atoms with van der Waals surface area (Å²) in [6.07, 6.45) is 1.05. The first-order chi connectivity index (χ1) is 9.84. The molecule has 0 unspecified atom stereocenters. The SMILES string of the molecule is O=C(Oc1ccccc1)n1nccc1-c1ccccc1. The lowest BCUT2D eigenvalue weighted by Crippen LogP contribution is -2.19. The second-order valence-corrected chi connectivity index (χ2v) is 4.18. The van der Waals surface area contributed by atoms with E-state index in [4.69, 9.17) is 4.74 Å². The van der Waals surface area contributed by atoms with Gasteiger partial charge in [0, 0.05) is 5.56 Å². The van der Waals surface area contributed by atoms with Gasteiger partial charge in [0.2, 0.25) is 0 Å². The number of rotatable bonds is 2. The van der Waals surface area contributed by atoms with E-state index >= 15 is 0 Å². The average Bonchev–Trinajstić information content (AvgIpc) is 2.99. The molecule has 0 bridgehead atoms. The zero-order valence-corrected chi connectivity index (χ0v) is 10.6. The summed E-state index contributed by atoms with van der Waals surface area (Å²) in [4.78, 5) is 12.1. The summed E-state index contributed by atoms with van der Waals surface area (Å²) in [6.45, 7) is 0. The molecular weight excluding hydrogens is 252 g/mol. The highest BCUT2D eigenvalue weighted by Crippen LogP contribution is 2.19. The molecule has 2 aromatic carbocycles. The molecule has 0 aliphatic rings. The molecule has 0 N–H and O–H groups in total. The van der Waals surface area contributed by atoms with Gasteiger partial charge in [-0.15, -0.1) is 0 Å². The number of hydrogen-bond donors (Lipinski definition) is 0. The van der Waals surface area contributed by atoms with Crippen LogP contribution in [0.4, 0.5) is 4.79 Å². The Morgan fingerprint density at radius 3 is 2.25 bits per heavy atom. The van der Waals surface area contributed by atoms with Gasteiger partial charge in [0.1, 0.15) is 5.75 Å². The van der Waals surface area contributed by atoms with Gasteiger partial charge in [0.25, 0.3) is 0 Å². The third-order valence-electron chi connectivity index (χ3n) is 2.83. The van der Waals surface area contributed by atoms with Crippen LogP contribution in [0.15, 0.2) is 72.9 Å². The lowest BCUT2D eigenvalue weighted by Gasteiger charge is -2.07. The van der Waals surface area contributed by atoms with Crippen molar-refractivity contribution in [1.29, 1.82) is 0 Å². The van der Waals surface area contributed by atoms with E-state index in [0.717, 1.165) is 5.56 Å². The molecule has 0 saturated carbocycles. The Morgan fingerprint density at radius 2 is 1.55 bits per heavy atom. The van der Waals surface area contributed by atoms with Crippen LogP contribution < -0.4 is 4.74 Å². The van der Waals surface area contributed by atoms with Gasteiger partial charge >= 0.3 is 6.09 Å². The van der Waals surface area contributed by atoms with Crippen LogP contribution in [0.1, 0.15) is 0 Å².